The minimum atomic E-state index is -0.676. The van der Waals surface area contributed by atoms with Crippen LogP contribution in [0.25, 0.3) is 0 Å². The summed E-state index contributed by atoms with van der Waals surface area (Å²) in [5, 5.41) is 5.27. The molecule has 0 aromatic heterocycles. The van der Waals surface area contributed by atoms with E-state index in [2.05, 4.69) is 10.6 Å². The van der Waals surface area contributed by atoms with E-state index < -0.39 is 17.7 Å². The Kier molecular flexibility index (Phi) is 5.13. The molecule has 0 aliphatic rings. The third-order valence-electron chi connectivity index (χ3n) is 2.53. The van der Waals surface area contributed by atoms with Gasteiger partial charge in [-0.3, -0.25) is 4.79 Å². The monoisotopic (exact) mass is 278 g/mol. The van der Waals surface area contributed by atoms with E-state index in [1.165, 1.54) is 0 Å². The summed E-state index contributed by atoms with van der Waals surface area (Å²) in [6.07, 6.45) is -0.607. The molecule has 2 N–H and O–H groups in total. The zero-order valence-electron chi connectivity index (χ0n) is 12.6. The molecular formula is C15H22N2O3. The molecular weight excluding hydrogens is 256 g/mol. The summed E-state index contributed by atoms with van der Waals surface area (Å²) in [6, 6.07) is 6.78. The molecule has 1 unspecified atom stereocenters. The van der Waals surface area contributed by atoms with Crippen molar-refractivity contribution in [1.29, 1.82) is 0 Å². The summed E-state index contributed by atoms with van der Waals surface area (Å²) in [4.78, 5) is 23.6. The second-order valence-electron chi connectivity index (χ2n) is 5.67. The molecule has 0 aliphatic heterocycles. The molecule has 0 saturated heterocycles. The van der Waals surface area contributed by atoms with E-state index in [0.717, 1.165) is 11.3 Å². The topological polar surface area (TPSA) is 67.4 Å². The highest BCUT2D eigenvalue weighted by Gasteiger charge is 2.21. The number of nitrogens with one attached hydrogen (secondary N) is 2. The lowest BCUT2D eigenvalue weighted by Gasteiger charge is -2.21. The number of hydrogen-bond donors (Lipinski definition) is 2. The summed E-state index contributed by atoms with van der Waals surface area (Å²) in [5.41, 5.74) is 1.11. The molecule has 1 rings (SSSR count). The molecule has 2 amide bonds. The van der Waals surface area contributed by atoms with Crippen LogP contribution in [0, 0.1) is 6.92 Å². The number of alkyl carbamates (subject to hydrolysis) is 1. The van der Waals surface area contributed by atoms with Gasteiger partial charge in [-0.25, -0.2) is 4.79 Å². The Morgan fingerprint density at radius 2 is 1.80 bits per heavy atom. The van der Waals surface area contributed by atoms with E-state index in [1.54, 1.807) is 27.7 Å². The van der Waals surface area contributed by atoms with Gasteiger partial charge in [0.2, 0.25) is 5.91 Å². The van der Waals surface area contributed by atoms with Crippen molar-refractivity contribution in [2.75, 3.05) is 5.32 Å². The first-order valence-electron chi connectivity index (χ1n) is 6.55. The fourth-order valence-electron chi connectivity index (χ4n) is 1.50. The van der Waals surface area contributed by atoms with Gasteiger partial charge in [-0.05, 0) is 46.2 Å². The summed E-state index contributed by atoms with van der Waals surface area (Å²) < 4.78 is 5.10. The number of aryl methyl sites for hydroxylation is 1. The largest absolute Gasteiger partial charge is 0.444 e. The molecule has 0 saturated carbocycles. The first kappa shape index (κ1) is 16.0. The Labute approximate surface area is 119 Å². The molecule has 0 spiro atoms. The van der Waals surface area contributed by atoms with Crippen LogP contribution in [-0.2, 0) is 9.53 Å². The maximum absolute atomic E-state index is 12.0. The van der Waals surface area contributed by atoms with Crippen molar-refractivity contribution in [3.05, 3.63) is 29.8 Å². The number of carbonyl (C=O) groups is 2. The van der Waals surface area contributed by atoms with Gasteiger partial charge in [-0.1, -0.05) is 18.2 Å². The molecule has 0 aliphatic carbocycles. The van der Waals surface area contributed by atoms with Crippen molar-refractivity contribution in [2.45, 2.75) is 46.3 Å². The van der Waals surface area contributed by atoms with E-state index in [9.17, 15) is 9.59 Å². The first-order chi connectivity index (χ1) is 9.19. The van der Waals surface area contributed by atoms with Gasteiger partial charge < -0.3 is 15.4 Å². The van der Waals surface area contributed by atoms with Crippen molar-refractivity contribution in [1.82, 2.24) is 5.32 Å². The van der Waals surface area contributed by atoms with E-state index in [4.69, 9.17) is 4.74 Å². The van der Waals surface area contributed by atoms with Gasteiger partial charge in [0.25, 0.3) is 0 Å². The van der Waals surface area contributed by atoms with Gasteiger partial charge in [-0.2, -0.15) is 0 Å². The number of anilines is 1. The van der Waals surface area contributed by atoms with Gasteiger partial charge in [0.05, 0.1) is 0 Å². The predicted octanol–water partition coefficient (Wildman–Crippen LogP) is 2.85. The minimum Gasteiger partial charge on any atom is -0.444 e. The first-order valence-corrected chi connectivity index (χ1v) is 6.55. The van der Waals surface area contributed by atoms with Gasteiger partial charge >= 0.3 is 6.09 Å². The van der Waals surface area contributed by atoms with Gasteiger partial charge in [-0.15, -0.1) is 0 Å². The van der Waals surface area contributed by atoms with Crippen LogP contribution in [0.15, 0.2) is 24.3 Å². The van der Waals surface area contributed by atoms with Crippen molar-refractivity contribution in [3.8, 4) is 0 Å². The maximum Gasteiger partial charge on any atom is 0.408 e. The normalized spacial score (nSPS) is 12.4. The zero-order chi connectivity index (χ0) is 15.3. The van der Waals surface area contributed by atoms with Crippen LogP contribution < -0.4 is 10.6 Å². The van der Waals surface area contributed by atoms with Crippen LogP contribution in [0.1, 0.15) is 33.3 Å². The average molecular weight is 278 g/mol. The molecule has 0 bridgehead atoms. The van der Waals surface area contributed by atoms with Crippen LogP contribution in [0.5, 0.6) is 0 Å². The molecule has 1 aromatic rings. The number of hydrogen-bond acceptors (Lipinski definition) is 3. The smallest absolute Gasteiger partial charge is 0.408 e. The Bertz CT molecular complexity index is 492. The molecule has 0 radical (unpaired) electrons. The molecule has 0 fully saturated rings. The molecule has 5 heteroatoms. The maximum atomic E-state index is 12.0. The minimum absolute atomic E-state index is 0.287. The van der Waals surface area contributed by atoms with Gasteiger partial charge in [0, 0.05) is 5.69 Å². The van der Waals surface area contributed by atoms with Crippen LogP contribution in [-0.4, -0.2) is 23.6 Å². The lowest BCUT2D eigenvalue weighted by atomic mass is 10.2. The van der Waals surface area contributed by atoms with Crippen LogP contribution in [0.4, 0.5) is 10.5 Å². The van der Waals surface area contributed by atoms with E-state index in [1.807, 2.05) is 31.2 Å². The van der Waals surface area contributed by atoms with Crippen molar-refractivity contribution in [3.63, 3.8) is 0 Å². The number of rotatable bonds is 3. The Hall–Kier alpha value is -2.04. The number of benzene rings is 1. The Morgan fingerprint density at radius 1 is 1.20 bits per heavy atom. The van der Waals surface area contributed by atoms with Crippen LogP contribution >= 0.6 is 0 Å². The lowest BCUT2D eigenvalue weighted by molar-refractivity contribution is -0.117. The zero-order valence-corrected chi connectivity index (χ0v) is 12.6. The molecule has 110 valence electrons. The summed E-state index contributed by atoms with van der Waals surface area (Å²) >= 11 is 0. The second-order valence-corrected chi connectivity index (χ2v) is 5.67. The Balaban J connectivity index is 2.56. The number of ether oxygens (including phenoxy) is 1. The van der Waals surface area contributed by atoms with E-state index in [-0.39, 0.29) is 5.91 Å². The summed E-state index contributed by atoms with van der Waals surface area (Å²) in [5.74, 6) is -0.287. The van der Waals surface area contributed by atoms with Crippen molar-refractivity contribution in [2.24, 2.45) is 0 Å². The fourth-order valence-corrected chi connectivity index (χ4v) is 1.50. The molecule has 1 atom stereocenters. The van der Waals surface area contributed by atoms with E-state index in [0.29, 0.717) is 0 Å². The number of amides is 2. The highest BCUT2D eigenvalue weighted by molar-refractivity contribution is 5.96. The SMILES string of the molecule is Cc1ccccc1NC(=O)C(C)NC(=O)OC(C)(C)C. The fraction of sp³-hybridized carbons (Fsp3) is 0.467. The summed E-state index contributed by atoms with van der Waals surface area (Å²) in [7, 11) is 0. The highest BCUT2D eigenvalue weighted by Crippen LogP contribution is 2.13. The molecule has 20 heavy (non-hydrogen) atoms. The number of carbonyl (C=O) groups excluding carboxylic acids is 2. The lowest BCUT2D eigenvalue weighted by Crippen LogP contribution is -2.44. The van der Waals surface area contributed by atoms with Crippen molar-refractivity contribution >= 4 is 17.7 Å². The molecule has 1 aromatic carbocycles. The second kappa shape index (κ2) is 6.41. The predicted molar refractivity (Wildman–Crippen MR) is 78.6 cm³/mol. The van der Waals surface area contributed by atoms with Crippen LogP contribution in [0.3, 0.4) is 0 Å². The average Bonchev–Trinajstić information content (AvgIpc) is 2.29. The third kappa shape index (κ3) is 5.30. The molecule has 5 nitrogen and oxygen atoms in total. The standard InChI is InChI=1S/C15H22N2O3/c1-10-8-6-7-9-12(10)17-13(18)11(2)16-14(19)20-15(3,4)5/h6-9,11H,1-5H3,(H,16,19)(H,17,18). The van der Waals surface area contributed by atoms with Crippen LogP contribution in [0.2, 0.25) is 0 Å². The van der Waals surface area contributed by atoms with Crippen molar-refractivity contribution < 1.29 is 14.3 Å². The molecule has 0 heterocycles. The van der Waals surface area contributed by atoms with Gasteiger partial charge in [0.1, 0.15) is 11.6 Å². The Morgan fingerprint density at radius 3 is 2.35 bits per heavy atom. The summed E-state index contributed by atoms with van der Waals surface area (Å²) in [6.45, 7) is 8.82. The quantitative estimate of drug-likeness (QED) is 0.893. The highest BCUT2D eigenvalue weighted by atomic mass is 16.6. The van der Waals surface area contributed by atoms with Gasteiger partial charge in [0.15, 0.2) is 0 Å². The van der Waals surface area contributed by atoms with E-state index >= 15 is 0 Å². The number of para-hydroxylation sites is 1. The third-order valence-corrected chi connectivity index (χ3v) is 2.53.